The Morgan fingerprint density at radius 2 is 1.59 bits per heavy atom. The fourth-order valence-corrected chi connectivity index (χ4v) is 5.71. The number of nitrogens with zero attached hydrogens (tertiary/aromatic N) is 2. The zero-order valence-corrected chi connectivity index (χ0v) is 25.9. The van der Waals surface area contributed by atoms with Crippen LogP contribution in [0.25, 0.3) is 0 Å². The predicted molar refractivity (Wildman–Crippen MR) is 163 cm³/mol. The van der Waals surface area contributed by atoms with Crippen molar-refractivity contribution >= 4 is 39.1 Å². The van der Waals surface area contributed by atoms with Crippen LogP contribution in [0, 0.1) is 6.92 Å². The summed E-state index contributed by atoms with van der Waals surface area (Å²) in [5.74, 6) is -0.302. The predicted octanol–water partition coefficient (Wildman–Crippen LogP) is 5.57. The molecule has 0 aliphatic rings. The number of hydrogen-bond acceptors (Lipinski definition) is 5. The van der Waals surface area contributed by atoms with E-state index < -0.39 is 34.1 Å². The molecule has 0 bridgehead atoms. The van der Waals surface area contributed by atoms with Gasteiger partial charge in [0.05, 0.1) is 17.2 Å². The summed E-state index contributed by atoms with van der Waals surface area (Å²) in [6.07, 6.45) is 0. The minimum Gasteiger partial charge on any atom is -0.494 e. The Labute approximate surface area is 248 Å². The first-order chi connectivity index (χ1) is 19.2. The monoisotopic (exact) mass is 599 g/mol. The molecule has 0 saturated heterocycles. The molecule has 8 nitrogen and oxygen atoms in total. The molecule has 1 N–H and O–H groups in total. The third-order valence-corrected chi connectivity index (χ3v) is 8.42. The number of ether oxygens (including phenoxy) is 1. The van der Waals surface area contributed by atoms with Crippen LogP contribution in [0.15, 0.2) is 77.7 Å². The minimum absolute atomic E-state index is 0.0208. The quantitative estimate of drug-likeness (QED) is 0.311. The molecule has 0 fully saturated rings. The maximum Gasteiger partial charge on any atom is 0.264 e. The Morgan fingerprint density at radius 1 is 0.976 bits per heavy atom. The molecule has 1 atom stereocenters. The highest BCUT2D eigenvalue weighted by Crippen LogP contribution is 2.27. The van der Waals surface area contributed by atoms with Crippen molar-refractivity contribution in [2.24, 2.45) is 0 Å². The molecular weight excluding hydrogens is 562 g/mol. The Hall–Kier alpha value is -3.56. The first-order valence-corrected chi connectivity index (χ1v) is 15.2. The van der Waals surface area contributed by atoms with Crippen molar-refractivity contribution in [1.29, 1.82) is 0 Å². The summed E-state index contributed by atoms with van der Waals surface area (Å²) < 4.78 is 34.4. The number of hydrogen-bond donors (Lipinski definition) is 1. The molecule has 0 spiro atoms. The van der Waals surface area contributed by atoms with Gasteiger partial charge in [-0.05, 0) is 101 Å². The van der Waals surface area contributed by atoms with Gasteiger partial charge in [0, 0.05) is 17.1 Å². The number of carbonyl (C=O) groups is 2. The number of halogens is 1. The van der Waals surface area contributed by atoms with E-state index in [-0.39, 0.29) is 23.0 Å². The number of aryl methyl sites for hydroxylation is 1. The molecule has 0 heterocycles. The molecule has 0 radical (unpaired) electrons. The van der Waals surface area contributed by atoms with E-state index in [9.17, 15) is 18.0 Å². The number of amides is 2. The first-order valence-electron chi connectivity index (χ1n) is 13.4. The molecule has 3 rings (SSSR count). The van der Waals surface area contributed by atoms with Gasteiger partial charge in [-0.2, -0.15) is 0 Å². The Kier molecular flexibility index (Phi) is 10.4. The highest BCUT2D eigenvalue weighted by molar-refractivity contribution is 7.92. The summed E-state index contributed by atoms with van der Waals surface area (Å²) in [7, 11) is -4.19. The fraction of sp³-hybridized carbons (Fsp3) is 0.355. The molecule has 3 aromatic carbocycles. The maximum atomic E-state index is 14.0. The zero-order chi connectivity index (χ0) is 30.4. The van der Waals surface area contributed by atoms with Crippen molar-refractivity contribution in [1.82, 2.24) is 10.2 Å². The van der Waals surface area contributed by atoms with Crippen molar-refractivity contribution in [3.8, 4) is 5.75 Å². The van der Waals surface area contributed by atoms with E-state index in [1.54, 1.807) is 31.2 Å². The summed E-state index contributed by atoms with van der Waals surface area (Å²) >= 11 is 6.01. The number of sulfonamides is 1. The van der Waals surface area contributed by atoms with Crippen molar-refractivity contribution < 1.29 is 22.7 Å². The second kappa shape index (κ2) is 13.4. The Bertz CT molecular complexity index is 1450. The van der Waals surface area contributed by atoms with Gasteiger partial charge in [0.25, 0.3) is 10.0 Å². The van der Waals surface area contributed by atoms with Crippen molar-refractivity contribution in [2.45, 2.75) is 64.6 Å². The number of anilines is 1. The van der Waals surface area contributed by atoms with E-state index >= 15 is 0 Å². The van der Waals surface area contributed by atoms with E-state index in [4.69, 9.17) is 16.3 Å². The van der Waals surface area contributed by atoms with E-state index in [1.807, 2.05) is 58.9 Å². The zero-order valence-electron chi connectivity index (χ0n) is 24.3. The summed E-state index contributed by atoms with van der Waals surface area (Å²) in [4.78, 5) is 28.7. The van der Waals surface area contributed by atoms with Gasteiger partial charge >= 0.3 is 0 Å². The Balaban J connectivity index is 2.05. The van der Waals surface area contributed by atoms with Gasteiger partial charge in [-0.15, -0.1) is 0 Å². The highest BCUT2D eigenvalue weighted by atomic mass is 35.5. The van der Waals surface area contributed by atoms with E-state index in [0.29, 0.717) is 17.4 Å². The number of rotatable bonds is 11. The van der Waals surface area contributed by atoms with E-state index in [2.05, 4.69) is 5.32 Å². The molecule has 220 valence electrons. The summed E-state index contributed by atoms with van der Waals surface area (Å²) in [5.41, 5.74) is 1.56. The topological polar surface area (TPSA) is 96.0 Å². The molecule has 0 aliphatic carbocycles. The molecule has 0 unspecified atom stereocenters. The molecule has 3 aromatic rings. The normalized spacial score (nSPS) is 12.4. The van der Waals surface area contributed by atoms with Gasteiger partial charge in [-0.3, -0.25) is 13.9 Å². The lowest BCUT2D eigenvalue weighted by molar-refractivity contribution is -0.140. The third-order valence-electron chi connectivity index (χ3n) is 6.38. The van der Waals surface area contributed by atoms with Gasteiger partial charge in [0.15, 0.2) is 0 Å². The van der Waals surface area contributed by atoms with Crippen LogP contribution in [0.3, 0.4) is 0 Å². The molecule has 0 aromatic heterocycles. The van der Waals surface area contributed by atoms with Crippen molar-refractivity contribution in [3.63, 3.8) is 0 Å². The SMILES string of the molecule is CCOc1ccc(N(CC(=O)N(Cc2ccccc2C)[C@H](C)C(=O)NC(C)(C)C)S(=O)(=O)c2ccc(Cl)cc2)cc1. The van der Waals surface area contributed by atoms with Crippen LogP contribution in [0.4, 0.5) is 5.69 Å². The molecule has 2 amide bonds. The average molecular weight is 600 g/mol. The number of carbonyl (C=O) groups excluding carboxylic acids is 2. The summed E-state index contributed by atoms with van der Waals surface area (Å²) in [6, 6.07) is 18.9. The smallest absolute Gasteiger partial charge is 0.264 e. The largest absolute Gasteiger partial charge is 0.494 e. The minimum atomic E-state index is -4.19. The Morgan fingerprint density at radius 3 is 2.15 bits per heavy atom. The number of benzene rings is 3. The highest BCUT2D eigenvalue weighted by Gasteiger charge is 2.33. The summed E-state index contributed by atoms with van der Waals surface area (Å²) in [5, 5.41) is 3.31. The second-order valence-corrected chi connectivity index (χ2v) is 13.1. The lowest BCUT2D eigenvalue weighted by Gasteiger charge is -2.33. The van der Waals surface area contributed by atoms with E-state index in [1.165, 1.54) is 29.2 Å². The van der Waals surface area contributed by atoms with Crippen LogP contribution in [0.5, 0.6) is 5.75 Å². The van der Waals surface area contributed by atoms with Crippen LogP contribution in [-0.4, -0.2) is 49.9 Å². The first kappa shape index (κ1) is 32.0. The third kappa shape index (κ3) is 8.47. The van der Waals surface area contributed by atoms with E-state index in [0.717, 1.165) is 15.4 Å². The van der Waals surface area contributed by atoms with Crippen LogP contribution < -0.4 is 14.4 Å². The van der Waals surface area contributed by atoms with Crippen LogP contribution in [0.1, 0.15) is 45.7 Å². The van der Waals surface area contributed by atoms with Gasteiger partial charge in [0.1, 0.15) is 18.3 Å². The van der Waals surface area contributed by atoms with Gasteiger partial charge < -0.3 is 15.0 Å². The fourth-order valence-electron chi connectivity index (χ4n) is 4.17. The van der Waals surface area contributed by atoms with Crippen LogP contribution in [0.2, 0.25) is 5.02 Å². The van der Waals surface area contributed by atoms with Crippen LogP contribution >= 0.6 is 11.6 Å². The second-order valence-electron chi connectivity index (χ2n) is 10.8. The lowest BCUT2D eigenvalue weighted by atomic mass is 10.1. The van der Waals surface area contributed by atoms with Crippen LogP contribution in [-0.2, 0) is 26.2 Å². The standard InChI is InChI=1S/C31H38ClN3O5S/c1-7-40-27-16-14-26(15-17-27)35(41(38,39)28-18-12-25(32)13-19-28)21-29(36)34(20-24-11-9-8-10-22(24)2)23(3)30(37)33-31(4,5)6/h8-19,23H,7,20-21H2,1-6H3,(H,33,37)/t23-/m1/s1. The van der Waals surface area contributed by atoms with Gasteiger partial charge in [-0.1, -0.05) is 35.9 Å². The van der Waals surface area contributed by atoms with Crippen molar-refractivity contribution in [3.05, 3.63) is 88.9 Å². The maximum absolute atomic E-state index is 14.0. The van der Waals surface area contributed by atoms with Gasteiger partial charge in [0.2, 0.25) is 11.8 Å². The molecular formula is C31H38ClN3O5S. The van der Waals surface area contributed by atoms with Gasteiger partial charge in [-0.25, -0.2) is 8.42 Å². The molecule has 0 saturated carbocycles. The molecule has 0 aliphatic heterocycles. The average Bonchev–Trinajstić information content (AvgIpc) is 2.90. The summed E-state index contributed by atoms with van der Waals surface area (Å²) in [6.45, 7) is 11.0. The molecule has 41 heavy (non-hydrogen) atoms. The van der Waals surface area contributed by atoms with Crippen molar-refractivity contribution in [2.75, 3.05) is 17.5 Å². The molecule has 10 heteroatoms. The lowest BCUT2D eigenvalue weighted by Crippen LogP contribution is -2.54. The number of nitrogens with one attached hydrogen (secondary N) is 1.